The Kier molecular flexibility index (Phi) is 4.38. The van der Waals surface area contributed by atoms with Crippen LogP contribution in [-0.2, 0) is 17.8 Å². The molecule has 3 rings (SSSR count). The van der Waals surface area contributed by atoms with Crippen LogP contribution >= 0.6 is 0 Å². The third-order valence-corrected chi connectivity index (χ3v) is 4.27. The molecule has 1 aromatic carbocycles. The standard InChI is InChI=1S/C18H22N4O2/c1-4-16(24)22-10-9-12-14(11-22)19-17(20-18(12)21(2)3)13-7-5-6-8-15(13)23/h5-8,23H,4,9-11H2,1-3H3. The van der Waals surface area contributed by atoms with Crippen molar-refractivity contribution in [3.05, 3.63) is 35.5 Å². The van der Waals surface area contributed by atoms with E-state index < -0.39 is 0 Å². The Morgan fingerprint density at radius 3 is 2.71 bits per heavy atom. The van der Waals surface area contributed by atoms with Gasteiger partial charge in [-0.3, -0.25) is 4.79 Å². The highest BCUT2D eigenvalue weighted by atomic mass is 16.3. The molecule has 0 bridgehead atoms. The zero-order valence-corrected chi connectivity index (χ0v) is 14.3. The largest absolute Gasteiger partial charge is 0.507 e. The molecule has 6 heteroatoms. The lowest BCUT2D eigenvalue weighted by molar-refractivity contribution is -0.131. The third-order valence-electron chi connectivity index (χ3n) is 4.27. The molecule has 0 spiro atoms. The summed E-state index contributed by atoms with van der Waals surface area (Å²) in [6.45, 7) is 3.06. The van der Waals surface area contributed by atoms with E-state index in [4.69, 9.17) is 0 Å². The minimum atomic E-state index is 0.134. The van der Waals surface area contributed by atoms with E-state index in [-0.39, 0.29) is 11.7 Å². The summed E-state index contributed by atoms with van der Waals surface area (Å²) in [7, 11) is 3.89. The third kappa shape index (κ3) is 2.91. The molecule has 0 atom stereocenters. The second-order valence-electron chi connectivity index (χ2n) is 6.13. The average molecular weight is 326 g/mol. The molecule has 24 heavy (non-hydrogen) atoms. The fourth-order valence-corrected chi connectivity index (χ4v) is 3.00. The second-order valence-corrected chi connectivity index (χ2v) is 6.13. The molecule has 126 valence electrons. The number of hydrogen-bond donors (Lipinski definition) is 1. The summed E-state index contributed by atoms with van der Waals surface area (Å²) in [5.74, 6) is 1.62. The minimum absolute atomic E-state index is 0.134. The predicted octanol–water partition coefficient (Wildman–Crippen LogP) is 2.21. The van der Waals surface area contributed by atoms with Gasteiger partial charge in [0.15, 0.2) is 5.82 Å². The Morgan fingerprint density at radius 2 is 2.04 bits per heavy atom. The van der Waals surface area contributed by atoms with Crippen molar-refractivity contribution in [3.8, 4) is 17.1 Å². The number of fused-ring (bicyclic) bond motifs is 1. The van der Waals surface area contributed by atoms with Gasteiger partial charge in [-0.25, -0.2) is 9.97 Å². The van der Waals surface area contributed by atoms with Crippen molar-refractivity contribution >= 4 is 11.7 Å². The van der Waals surface area contributed by atoms with Gasteiger partial charge in [0.2, 0.25) is 5.91 Å². The minimum Gasteiger partial charge on any atom is -0.507 e. The normalized spacial score (nSPS) is 13.5. The van der Waals surface area contributed by atoms with Gasteiger partial charge in [-0.2, -0.15) is 0 Å². The quantitative estimate of drug-likeness (QED) is 0.936. The Bertz CT molecular complexity index is 774. The summed E-state index contributed by atoms with van der Waals surface area (Å²) in [6.07, 6.45) is 1.24. The molecule has 0 saturated carbocycles. The van der Waals surface area contributed by atoms with Crippen molar-refractivity contribution in [3.63, 3.8) is 0 Å². The number of rotatable bonds is 3. The van der Waals surface area contributed by atoms with Crippen molar-refractivity contribution in [2.24, 2.45) is 0 Å². The first-order valence-corrected chi connectivity index (χ1v) is 8.14. The number of amides is 1. The first kappa shape index (κ1) is 16.2. The Hall–Kier alpha value is -2.63. The molecule has 0 fully saturated rings. The van der Waals surface area contributed by atoms with Crippen molar-refractivity contribution < 1.29 is 9.90 Å². The van der Waals surface area contributed by atoms with Gasteiger partial charge in [0, 0.05) is 32.6 Å². The Morgan fingerprint density at radius 1 is 1.29 bits per heavy atom. The van der Waals surface area contributed by atoms with E-state index >= 15 is 0 Å². The first-order chi connectivity index (χ1) is 11.5. The van der Waals surface area contributed by atoms with E-state index in [0.29, 0.717) is 30.9 Å². The van der Waals surface area contributed by atoms with Gasteiger partial charge in [0.1, 0.15) is 11.6 Å². The molecule has 0 saturated heterocycles. The maximum atomic E-state index is 12.0. The smallest absolute Gasteiger partial charge is 0.222 e. The van der Waals surface area contributed by atoms with Crippen LogP contribution in [0, 0.1) is 0 Å². The fraction of sp³-hybridized carbons (Fsp3) is 0.389. The van der Waals surface area contributed by atoms with Gasteiger partial charge in [-0.05, 0) is 18.6 Å². The average Bonchev–Trinajstić information content (AvgIpc) is 2.59. The zero-order chi connectivity index (χ0) is 17.3. The number of hydrogen-bond acceptors (Lipinski definition) is 5. The van der Waals surface area contributed by atoms with E-state index in [0.717, 1.165) is 23.5 Å². The summed E-state index contributed by atoms with van der Waals surface area (Å²) in [6, 6.07) is 7.04. The van der Waals surface area contributed by atoms with Crippen LogP contribution in [0.5, 0.6) is 5.75 Å². The first-order valence-electron chi connectivity index (χ1n) is 8.14. The lowest BCUT2D eigenvalue weighted by Crippen LogP contribution is -2.37. The maximum Gasteiger partial charge on any atom is 0.222 e. The van der Waals surface area contributed by atoms with Crippen molar-refractivity contribution in [1.82, 2.24) is 14.9 Å². The van der Waals surface area contributed by atoms with Gasteiger partial charge in [0.25, 0.3) is 0 Å². The van der Waals surface area contributed by atoms with Gasteiger partial charge < -0.3 is 14.9 Å². The topological polar surface area (TPSA) is 69.6 Å². The number of nitrogens with zero attached hydrogens (tertiary/aromatic N) is 4. The molecule has 1 aliphatic heterocycles. The molecule has 0 radical (unpaired) electrons. The number of benzene rings is 1. The lowest BCUT2D eigenvalue weighted by atomic mass is 10.0. The van der Waals surface area contributed by atoms with Gasteiger partial charge >= 0.3 is 0 Å². The fourth-order valence-electron chi connectivity index (χ4n) is 3.00. The van der Waals surface area contributed by atoms with Crippen LogP contribution in [0.3, 0.4) is 0 Å². The number of aromatic hydroxyl groups is 1. The molecule has 2 heterocycles. The molecular formula is C18H22N4O2. The molecule has 1 aliphatic rings. The highest BCUT2D eigenvalue weighted by Gasteiger charge is 2.26. The summed E-state index contributed by atoms with van der Waals surface area (Å²) in [5.41, 5.74) is 2.54. The zero-order valence-electron chi connectivity index (χ0n) is 14.3. The SMILES string of the molecule is CCC(=O)N1CCc2c(nc(-c3ccccc3O)nc2N(C)C)C1. The van der Waals surface area contributed by atoms with Crippen molar-refractivity contribution in [1.29, 1.82) is 0 Å². The number of phenolic OH excluding ortho intramolecular Hbond substituents is 1. The molecule has 6 nitrogen and oxygen atoms in total. The molecular weight excluding hydrogens is 304 g/mol. The summed E-state index contributed by atoms with van der Waals surface area (Å²) >= 11 is 0. The van der Waals surface area contributed by atoms with Crippen LogP contribution in [0.1, 0.15) is 24.6 Å². The number of phenols is 1. The van der Waals surface area contributed by atoms with E-state index in [2.05, 4.69) is 9.97 Å². The van der Waals surface area contributed by atoms with E-state index in [1.165, 1.54) is 0 Å². The number of carbonyl (C=O) groups is 1. The van der Waals surface area contributed by atoms with Crippen LogP contribution in [0.4, 0.5) is 5.82 Å². The number of anilines is 1. The summed E-state index contributed by atoms with van der Waals surface area (Å²) in [4.78, 5) is 25.2. The van der Waals surface area contributed by atoms with Gasteiger partial charge in [-0.1, -0.05) is 19.1 Å². The summed E-state index contributed by atoms with van der Waals surface area (Å²) < 4.78 is 0. The number of para-hydroxylation sites is 1. The van der Waals surface area contributed by atoms with Gasteiger partial charge in [0.05, 0.1) is 17.8 Å². The van der Waals surface area contributed by atoms with Crippen molar-refractivity contribution in [2.45, 2.75) is 26.3 Å². The number of aromatic nitrogens is 2. The lowest BCUT2D eigenvalue weighted by Gasteiger charge is -2.30. The highest BCUT2D eigenvalue weighted by molar-refractivity contribution is 5.76. The van der Waals surface area contributed by atoms with Crippen LogP contribution in [-0.4, -0.2) is 46.5 Å². The highest BCUT2D eigenvalue weighted by Crippen LogP contribution is 2.31. The molecule has 1 amide bonds. The Labute approximate surface area is 141 Å². The monoisotopic (exact) mass is 326 g/mol. The van der Waals surface area contributed by atoms with Gasteiger partial charge in [-0.15, -0.1) is 0 Å². The maximum absolute atomic E-state index is 12.0. The molecule has 0 unspecified atom stereocenters. The number of carbonyl (C=O) groups excluding carboxylic acids is 1. The van der Waals surface area contributed by atoms with Crippen LogP contribution in [0.2, 0.25) is 0 Å². The van der Waals surface area contributed by atoms with Crippen molar-refractivity contribution in [2.75, 3.05) is 25.5 Å². The van der Waals surface area contributed by atoms with Crippen LogP contribution < -0.4 is 4.90 Å². The summed E-state index contributed by atoms with van der Waals surface area (Å²) in [5, 5.41) is 10.1. The predicted molar refractivity (Wildman–Crippen MR) is 92.9 cm³/mol. The van der Waals surface area contributed by atoms with E-state index in [1.807, 2.05) is 36.9 Å². The molecule has 1 N–H and O–H groups in total. The Balaban J connectivity index is 2.10. The second kappa shape index (κ2) is 6.47. The molecule has 0 aliphatic carbocycles. The van der Waals surface area contributed by atoms with E-state index in [1.54, 1.807) is 18.2 Å². The van der Waals surface area contributed by atoms with Crippen LogP contribution in [0.15, 0.2) is 24.3 Å². The molecule has 1 aromatic heterocycles. The van der Waals surface area contributed by atoms with Crippen LogP contribution in [0.25, 0.3) is 11.4 Å². The molecule has 2 aromatic rings. The van der Waals surface area contributed by atoms with E-state index in [9.17, 15) is 9.90 Å².